The highest BCUT2D eigenvalue weighted by atomic mass is 79.9. The lowest BCUT2D eigenvalue weighted by molar-refractivity contribution is 0.591. The Hall–Kier alpha value is -1.51. The van der Waals surface area contributed by atoms with E-state index in [1.165, 1.54) is 16.8 Å². The quantitative estimate of drug-likeness (QED) is 0.598. The van der Waals surface area contributed by atoms with Crippen LogP contribution in [0.25, 0.3) is 5.69 Å². The maximum Gasteiger partial charge on any atom is 0.227 e. The first-order valence-corrected chi connectivity index (χ1v) is 9.66. The van der Waals surface area contributed by atoms with Gasteiger partial charge in [-0.05, 0) is 59.3 Å². The van der Waals surface area contributed by atoms with Crippen LogP contribution in [0.4, 0.5) is 0 Å². The van der Waals surface area contributed by atoms with E-state index < -0.39 is 9.84 Å². The van der Waals surface area contributed by atoms with Crippen molar-refractivity contribution in [3.05, 3.63) is 63.2 Å². The highest BCUT2D eigenvalue weighted by Gasteiger charge is 2.26. The lowest BCUT2D eigenvalue weighted by atomic mass is 10.3. The van der Waals surface area contributed by atoms with Crippen molar-refractivity contribution in [1.82, 2.24) is 15.0 Å². The van der Waals surface area contributed by atoms with E-state index in [1.54, 1.807) is 19.1 Å². The molecular formula is C15H11Br2N3O2S. The summed E-state index contributed by atoms with van der Waals surface area (Å²) in [4.78, 5) is 0.183. The van der Waals surface area contributed by atoms with Crippen LogP contribution >= 0.6 is 31.9 Å². The van der Waals surface area contributed by atoms with Gasteiger partial charge in [-0.3, -0.25) is 0 Å². The molecule has 0 amide bonds. The molecule has 0 saturated carbocycles. The molecule has 0 aliphatic rings. The van der Waals surface area contributed by atoms with E-state index in [0.29, 0.717) is 5.69 Å². The minimum atomic E-state index is -3.72. The first-order chi connectivity index (χ1) is 10.9. The Morgan fingerprint density at radius 1 is 1.00 bits per heavy atom. The zero-order valence-corrected chi connectivity index (χ0v) is 15.9. The molecule has 0 saturated heterocycles. The summed E-state index contributed by atoms with van der Waals surface area (Å²) in [5, 5.41) is 7.85. The van der Waals surface area contributed by atoms with Crippen molar-refractivity contribution < 1.29 is 8.42 Å². The lowest BCUT2D eigenvalue weighted by Gasteiger charge is -2.06. The van der Waals surface area contributed by atoms with Gasteiger partial charge in [-0.2, -0.15) is 0 Å². The molecule has 2 aromatic carbocycles. The van der Waals surface area contributed by atoms with E-state index >= 15 is 0 Å². The predicted molar refractivity (Wildman–Crippen MR) is 93.4 cm³/mol. The van der Waals surface area contributed by atoms with Gasteiger partial charge in [0, 0.05) is 8.95 Å². The van der Waals surface area contributed by atoms with Gasteiger partial charge in [0.1, 0.15) is 0 Å². The summed E-state index contributed by atoms with van der Waals surface area (Å²) < 4.78 is 28.6. The molecule has 23 heavy (non-hydrogen) atoms. The molecule has 0 aliphatic carbocycles. The molecule has 0 spiro atoms. The molecule has 1 heterocycles. The third-order valence-electron chi connectivity index (χ3n) is 3.31. The molecule has 118 valence electrons. The van der Waals surface area contributed by atoms with Crippen molar-refractivity contribution in [3.8, 4) is 5.69 Å². The highest BCUT2D eigenvalue weighted by Crippen LogP contribution is 2.26. The fourth-order valence-electron chi connectivity index (χ4n) is 2.14. The van der Waals surface area contributed by atoms with Gasteiger partial charge in [0.2, 0.25) is 14.9 Å². The molecule has 0 N–H and O–H groups in total. The maximum atomic E-state index is 12.8. The molecule has 0 unspecified atom stereocenters. The molecule has 0 fully saturated rings. The van der Waals surface area contributed by atoms with Crippen LogP contribution in [0, 0.1) is 6.92 Å². The van der Waals surface area contributed by atoms with E-state index in [-0.39, 0.29) is 9.92 Å². The Balaban J connectivity index is 2.12. The SMILES string of the molecule is Cc1c(S(=O)(=O)c2ccc(Br)cc2)nnn1-c1ccccc1Br. The minimum absolute atomic E-state index is 0.0458. The number of halogens is 2. The van der Waals surface area contributed by atoms with Crippen LogP contribution in [0.3, 0.4) is 0 Å². The number of nitrogens with zero attached hydrogens (tertiary/aromatic N) is 3. The molecule has 0 aliphatic heterocycles. The number of aromatic nitrogens is 3. The summed E-state index contributed by atoms with van der Waals surface area (Å²) >= 11 is 6.73. The van der Waals surface area contributed by atoms with Crippen molar-refractivity contribution in [2.75, 3.05) is 0 Å². The van der Waals surface area contributed by atoms with Crippen LogP contribution in [0.5, 0.6) is 0 Å². The third kappa shape index (κ3) is 2.98. The Labute approximate surface area is 150 Å². The lowest BCUT2D eigenvalue weighted by Crippen LogP contribution is -2.06. The average molecular weight is 457 g/mol. The first-order valence-electron chi connectivity index (χ1n) is 6.59. The van der Waals surface area contributed by atoms with Crippen LogP contribution < -0.4 is 0 Å². The molecule has 8 heteroatoms. The van der Waals surface area contributed by atoms with Crippen LogP contribution in [0.15, 0.2) is 67.4 Å². The largest absolute Gasteiger partial charge is 0.227 e. The van der Waals surface area contributed by atoms with E-state index in [9.17, 15) is 8.42 Å². The molecule has 3 aromatic rings. The monoisotopic (exact) mass is 455 g/mol. The minimum Gasteiger partial charge on any atom is -0.217 e. The Kier molecular flexibility index (Phi) is 4.39. The molecule has 0 bridgehead atoms. The van der Waals surface area contributed by atoms with E-state index in [2.05, 4.69) is 42.2 Å². The number of sulfone groups is 1. The fraction of sp³-hybridized carbons (Fsp3) is 0.0667. The van der Waals surface area contributed by atoms with Gasteiger partial charge in [-0.25, -0.2) is 13.1 Å². The van der Waals surface area contributed by atoms with Gasteiger partial charge in [0.15, 0.2) is 0 Å². The van der Waals surface area contributed by atoms with Gasteiger partial charge in [-0.1, -0.05) is 33.3 Å². The predicted octanol–water partition coefficient (Wildman–Crippen LogP) is 3.93. The van der Waals surface area contributed by atoms with E-state index in [1.807, 2.05) is 24.3 Å². The van der Waals surface area contributed by atoms with Gasteiger partial charge in [0.05, 0.1) is 16.3 Å². The molecule has 0 radical (unpaired) electrons. The smallest absolute Gasteiger partial charge is 0.217 e. The van der Waals surface area contributed by atoms with Gasteiger partial charge < -0.3 is 0 Å². The van der Waals surface area contributed by atoms with Crippen molar-refractivity contribution in [2.24, 2.45) is 0 Å². The highest BCUT2D eigenvalue weighted by molar-refractivity contribution is 9.10. The zero-order valence-electron chi connectivity index (χ0n) is 11.9. The van der Waals surface area contributed by atoms with E-state index in [0.717, 1.165) is 14.6 Å². The second-order valence-corrected chi connectivity index (χ2v) is 8.44. The van der Waals surface area contributed by atoms with Gasteiger partial charge in [-0.15, -0.1) is 5.10 Å². The van der Waals surface area contributed by atoms with Crippen LogP contribution in [-0.4, -0.2) is 23.4 Å². The molecular weight excluding hydrogens is 446 g/mol. The van der Waals surface area contributed by atoms with E-state index in [4.69, 9.17) is 0 Å². The summed E-state index contributed by atoms with van der Waals surface area (Å²) in [6.45, 7) is 1.69. The molecule has 3 rings (SSSR count). The number of benzene rings is 2. The third-order valence-corrected chi connectivity index (χ3v) is 6.29. The first kappa shape index (κ1) is 16.4. The summed E-state index contributed by atoms with van der Waals surface area (Å²) in [7, 11) is -3.72. The zero-order chi connectivity index (χ0) is 16.6. The van der Waals surface area contributed by atoms with Crippen molar-refractivity contribution >= 4 is 41.7 Å². The Morgan fingerprint density at radius 3 is 2.30 bits per heavy atom. The maximum absolute atomic E-state index is 12.8. The second-order valence-electron chi connectivity index (χ2n) is 4.80. The summed E-state index contributed by atoms with van der Waals surface area (Å²) in [6.07, 6.45) is 0. The standard InChI is InChI=1S/C15H11Br2N3O2S/c1-10-15(23(21,22)12-8-6-11(16)7-9-12)18-19-20(10)14-5-3-2-4-13(14)17/h2-9H,1H3. The van der Waals surface area contributed by atoms with Crippen LogP contribution in [-0.2, 0) is 9.84 Å². The summed E-state index contributed by atoms with van der Waals surface area (Å²) in [5.41, 5.74) is 1.19. The van der Waals surface area contributed by atoms with Crippen molar-refractivity contribution in [3.63, 3.8) is 0 Å². The normalized spacial score (nSPS) is 11.6. The number of rotatable bonds is 3. The van der Waals surface area contributed by atoms with Crippen molar-refractivity contribution in [2.45, 2.75) is 16.8 Å². The average Bonchev–Trinajstić information content (AvgIpc) is 2.90. The Bertz CT molecular complexity index is 967. The Morgan fingerprint density at radius 2 is 1.65 bits per heavy atom. The molecule has 0 atom stereocenters. The second kappa shape index (κ2) is 6.18. The number of hydrogen-bond acceptors (Lipinski definition) is 4. The molecule has 5 nitrogen and oxygen atoms in total. The van der Waals surface area contributed by atoms with Crippen LogP contribution in [0.1, 0.15) is 5.69 Å². The van der Waals surface area contributed by atoms with Gasteiger partial charge in [0.25, 0.3) is 0 Å². The van der Waals surface area contributed by atoms with Crippen molar-refractivity contribution in [1.29, 1.82) is 0 Å². The number of hydrogen-bond donors (Lipinski definition) is 0. The van der Waals surface area contributed by atoms with Crippen LogP contribution in [0.2, 0.25) is 0 Å². The molecule has 1 aromatic heterocycles. The summed E-state index contributed by atoms with van der Waals surface area (Å²) in [5.74, 6) is 0. The van der Waals surface area contributed by atoms with Gasteiger partial charge >= 0.3 is 0 Å². The summed E-state index contributed by atoms with van der Waals surface area (Å²) in [6, 6.07) is 13.9. The topological polar surface area (TPSA) is 64.8 Å². The number of para-hydroxylation sites is 1. The fourth-order valence-corrected chi connectivity index (χ4v) is 4.20.